The molecule has 4 amide bonds. The number of imidazole rings is 2. The van der Waals surface area contributed by atoms with Crippen LogP contribution in [-0.4, -0.2) is 93.1 Å². The zero-order valence-electron chi connectivity index (χ0n) is 34.5. The number of carbonyl (C=O) groups excluding carboxylic acids is 4. The van der Waals surface area contributed by atoms with E-state index in [1.165, 1.54) is 14.2 Å². The zero-order valence-corrected chi connectivity index (χ0v) is 34.5. The number of H-pyrrole nitrogens is 2. The average molecular weight is 819 g/mol. The van der Waals surface area contributed by atoms with E-state index in [1.807, 2.05) is 64.1 Å². The summed E-state index contributed by atoms with van der Waals surface area (Å²) in [5.74, 6) is 0.735. The molecule has 2 aliphatic heterocycles. The number of alkyl carbamates (subject to hydrolysis) is 2. The number of carbonyl (C=O) groups is 4. The molecule has 0 spiro atoms. The Morgan fingerprint density at radius 1 is 0.650 bits per heavy atom. The molecule has 0 radical (unpaired) electrons. The summed E-state index contributed by atoms with van der Waals surface area (Å²) >= 11 is 0. The largest absolute Gasteiger partial charge is 0.464 e. The predicted molar refractivity (Wildman–Crippen MR) is 222 cm³/mol. The maximum absolute atomic E-state index is 13.7. The maximum Gasteiger partial charge on any atom is 0.407 e. The van der Waals surface area contributed by atoms with Crippen molar-refractivity contribution in [3.63, 3.8) is 0 Å². The van der Waals surface area contributed by atoms with Crippen molar-refractivity contribution < 1.29 is 37.5 Å². The molecule has 60 heavy (non-hydrogen) atoms. The number of ether oxygens (including phenoxy) is 2. The molecule has 0 bridgehead atoms. The lowest BCUT2D eigenvalue weighted by Gasteiger charge is -2.30. The second kappa shape index (κ2) is 16.6. The molecule has 0 saturated carbocycles. The lowest BCUT2D eigenvalue weighted by atomic mass is 9.95. The van der Waals surface area contributed by atoms with Gasteiger partial charge in [0.25, 0.3) is 0 Å². The molecule has 0 unspecified atom stereocenters. The van der Waals surface area contributed by atoms with E-state index in [0.717, 1.165) is 70.1 Å². The van der Waals surface area contributed by atoms with Crippen LogP contribution in [0, 0.1) is 11.8 Å². The Kier molecular flexibility index (Phi) is 11.1. The molecule has 6 aromatic rings. The van der Waals surface area contributed by atoms with E-state index in [4.69, 9.17) is 28.3 Å². The van der Waals surface area contributed by atoms with E-state index in [2.05, 4.69) is 20.6 Å². The Hall–Kier alpha value is -6.58. The Morgan fingerprint density at radius 3 is 1.58 bits per heavy atom. The molecule has 16 nitrogen and oxygen atoms in total. The molecule has 2 fully saturated rings. The van der Waals surface area contributed by atoms with Gasteiger partial charge in [-0.1, -0.05) is 39.8 Å². The quantitative estimate of drug-likeness (QED) is 0.100. The van der Waals surface area contributed by atoms with Gasteiger partial charge in [0.15, 0.2) is 0 Å². The fourth-order valence-corrected chi connectivity index (χ4v) is 8.69. The number of nitrogens with one attached hydrogen (secondary N) is 4. The van der Waals surface area contributed by atoms with Crippen molar-refractivity contribution in [3.8, 4) is 33.6 Å². The van der Waals surface area contributed by atoms with Crippen LogP contribution in [0.5, 0.6) is 0 Å². The first kappa shape index (κ1) is 40.2. The summed E-state index contributed by atoms with van der Waals surface area (Å²) in [6.07, 6.45) is 8.71. The van der Waals surface area contributed by atoms with Crippen molar-refractivity contribution in [3.05, 3.63) is 73.0 Å². The Bertz CT molecular complexity index is 2370. The first-order valence-corrected chi connectivity index (χ1v) is 20.4. The number of nitrogens with zero attached hydrogens (tertiary/aromatic N) is 4. The van der Waals surface area contributed by atoms with E-state index >= 15 is 0 Å². The van der Waals surface area contributed by atoms with Crippen LogP contribution in [-0.2, 0) is 19.1 Å². The second-order valence-electron chi connectivity index (χ2n) is 16.1. The monoisotopic (exact) mass is 818 g/mol. The molecule has 6 heterocycles. The SMILES string of the molecule is COC(=O)N[C@H](C(=O)N1CCC[C@H]1c1ncc(-c2ccc(-c3ccc(-c4cnc([C@@H]5CCCN5C(=O)[C@@H](NC(=O)OC)C(C)C)[nH]4)c4occc34)c3occc23)[nH]1)C(C)C. The zero-order chi connectivity index (χ0) is 42.2. The Balaban J connectivity index is 1.05. The van der Waals surface area contributed by atoms with Gasteiger partial charge in [0.1, 0.15) is 34.9 Å². The fourth-order valence-electron chi connectivity index (χ4n) is 8.69. The number of hydrogen-bond acceptors (Lipinski definition) is 10. The van der Waals surface area contributed by atoms with Gasteiger partial charge < -0.3 is 48.7 Å². The average Bonchev–Trinajstić information content (AvgIpc) is 4.10. The van der Waals surface area contributed by atoms with Crippen LogP contribution in [0.2, 0.25) is 0 Å². The highest BCUT2D eigenvalue weighted by molar-refractivity contribution is 6.08. The number of likely N-dealkylation sites (tertiary alicyclic amines) is 2. The predicted octanol–water partition coefficient (Wildman–Crippen LogP) is 7.71. The van der Waals surface area contributed by atoms with Crippen LogP contribution < -0.4 is 10.6 Å². The highest BCUT2D eigenvalue weighted by Gasteiger charge is 2.39. The number of rotatable bonds is 11. The van der Waals surface area contributed by atoms with E-state index in [0.29, 0.717) is 35.9 Å². The van der Waals surface area contributed by atoms with Crippen molar-refractivity contribution in [1.82, 2.24) is 40.4 Å². The van der Waals surface area contributed by atoms with Crippen LogP contribution >= 0.6 is 0 Å². The number of fused-ring (bicyclic) bond motifs is 2. The molecule has 314 valence electrons. The molecular weight excluding hydrogens is 769 g/mol. The van der Waals surface area contributed by atoms with Crippen molar-refractivity contribution in [2.24, 2.45) is 11.8 Å². The summed E-state index contributed by atoms with van der Waals surface area (Å²) in [6.45, 7) is 8.68. The van der Waals surface area contributed by atoms with Crippen LogP contribution in [0.25, 0.3) is 55.6 Å². The highest BCUT2D eigenvalue weighted by Crippen LogP contribution is 2.42. The van der Waals surface area contributed by atoms with E-state index in [1.54, 1.807) is 34.7 Å². The van der Waals surface area contributed by atoms with E-state index in [9.17, 15) is 19.2 Å². The third-order valence-electron chi connectivity index (χ3n) is 11.8. The highest BCUT2D eigenvalue weighted by atomic mass is 16.5. The number of hydrogen-bond donors (Lipinski definition) is 4. The van der Waals surface area contributed by atoms with E-state index in [-0.39, 0.29) is 35.7 Å². The van der Waals surface area contributed by atoms with Crippen LogP contribution in [0.1, 0.15) is 77.1 Å². The molecule has 8 rings (SSSR count). The minimum absolute atomic E-state index is 0.134. The number of furan rings is 2. The van der Waals surface area contributed by atoms with Gasteiger partial charge in [0, 0.05) is 40.6 Å². The normalized spacial score (nSPS) is 17.8. The number of amides is 4. The van der Waals surface area contributed by atoms with Gasteiger partial charge in [-0.15, -0.1) is 0 Å². The summed E-state index contributed by atoms with van der Waals surface area (Å²) in [7, 11) is 2.57. The fraction of sp³-hybridized carbons (Fsp3) is 0.409. The number of benzene rings is 2. The van der Waals surface area contributed by atoms with Crippen LogP contribution in [0.4, 0.5) is 9.59 Å². The van der Waals surface area contributed by atoms with Gasteiger partial charge in [-0.05, 0) is 67.3 Å². The first-order chi connectivity index (χ1) is 29.0. The summed E-state index contributed by atoms with van der Waals surface area (Å²) in [4.78, 5) is 71.6. The molecule has 4 N–H and O–H groups in total. The van der Waals surface area contributed by atoms with Crippen molar-refractivity contribution in [2.45, 2.75) is 77.5 Å². The molecule has 2 aliphatic rings. The third kappa shape index (κ3) is 7.34. The van der Waals surface area contributed by atoms with Gasteiger partial charge in [-0.25, -0.2) is 19.6 Å². The van der Waals surface area contributed by atoms with Gasteiger partial charge in [0.2, 0.25) is 11.8 Å². The van der Waals surface area contributed by atoms with Gasteiger partial charge in [-0.2, -0.15) is 0 Å². The number of methoxy groups -OCH3 is 2. The molecule has 4 aromatic heterocycles. The van der Waals surface area contributed by atoms with Crippen molar-refractivity contribution in [1.29, 1.82) is 0 Å². The smallest absolute Gasteiger partial charge is 0.407 e. The van der Waals surface area contributed by atoms with Crippen LogP contribution in [0.3, 0.4) is 0 Å². The molecule has 2 saturated heterocycles. The molecular formula is C44H50N8O8. The van der Waals surface area contributed by atoms with Crippen molar-refractivity contribution in [2.75, 3.05) is 27.3 Å². The molecule has 4 atom stereocenters. The topological polar surface area (TPSA) is 201 Å². The van der Waals surface area contributed by atoms with E-state index < -0.39 is 24.3 Å². The number of aromatic nitrogens is 4. The van der Waals surface area contributed by atoms with Gasteiger partial charge in [-0.3, -0.25) is 9.59 Å². The summed E-state index contributed by atoms with van der Waals surface area (Å²) in [5, 5.41) is 7.18. The summed E-state index contributed by atoms with van der Waals surface area (Å²) in [5.41, 5.74) is 6.42. The summed E-state index contributed by atoms with van der Waals surface area (Å²) in [6, 6.07) is 9.99. The second-order valence-corrected chi connectivity index (χ2v) is 16.1. The van der Waals surface area contributed by atoms with Gasteiger partial charge in [0.05, 0.1) is 62.6 Å². The minimum Gasteiger partial charge on any atom is -0.464 e. The van der Waals surface area contributed by atoms with Crippen LogP contribution in [0.15, 0.2) is 70.2 Å². The number of aromatic amines is 2. The summed E-state index contributed by atoms with van der Waals surface area (Å²) < 4.78 is 21.8. The Labute approximate surface area is 346 Å². The third-order valence-corrected chi connectivity index (χ3v) is 11.8. The molecule has 2 aromatic carbocycles. The standard InChI is InChI=1S/C44H50N8O8/c1-23(2)35(49-43(55)57-5)41(53)51-17-7-9-33(51)39-45-21-31(47-39)26-12-13-27(37-29(26)16-20-59-37)25-11-14-30(38-28(25)15-19-60-38)32-22-46-40(48-32)34-10-8-18-52(34)42(54)36(24(3)4)50-44(56)58-6/h11-16,19-24,33-36H,7-10,17-18H2,1-6H3,(H,45,47)(H,46,48)(H,49,55)(H,50,56)/t33-,34-,35-,36-/m0/s1. The molecule has 16 heteroatoms. The lowest BCUT2D eigenvalue weighted by Crippen LogP contribution is -2.51. The van der Waals surface area contributed by atoms with Gasteiger partial charge >= 0.3 is 12.2 Å². The maximum atomic E-state index is 13.7. The minimum atomic E-state index is -0.726. The lowest BCUT2D eigenvalue weighted by molar-refractivity contribution is -0.136. The first-order valence-electron chi connectivity index (χ1n) is 20.4. The Morgan fingerprint density at radius 2 is 1.08 bits per heavy atom. The molecule has 0 aliphatic carbocycles. The van der Waals surface area contributed by atoms with Crippen molar-refractivity contribution >= 4 is 45.9 Å².